The van der Waals surface area contributed by atoms with Crippen molar-refractivity contribution in [3.63, 3.8) is 0 Å². The molecular formula is C16H12FNO2. The largest absolute Gasteiger partial charge is 0.488 e. The van der Waals surface area contributed by atoms with Crippen molar-refractivity contribution in [2.24, 2.45) is 0 Å². The zero-order valence-electron chi connectivity index (χ0n) is 10.9. The van der Waals surface area contributed by atoms with E-state index in [1.54, 1.807) is 30.3 Å². The van der Waals surface area contributed by atoms with E-state index < -0.39 is 5.82 Å². The smallest absolute Gasteiger partial charge is 0.163 e. The zero-order valence-corrected chi connectivity index (χ0v) is 10.9. The van der Waals surface area contributed by atoms with Gasteiger partial charge < -0.3 is 4.74 Å². The van der Waals surface area contributed by atoms with Gasteiger partial charge in [0, 0.05) is 0 Å². The second kappa shape index (κ2) is 5.98. The molecule has 2 aromatic carbocycles. The van der Waals surface area contributed by atoms with Crippen LogP contribution < -0.4 is 4.74 Å². The summed E-state index contributed by atoms with van der Waals surface area (Å²) in [7, 11) is 0. The molecule has 4 heteroatoms. The lowest BCUT2D eigenvalue weighted by Gasteiger charge is -2.10. The second-order valence-corrected chi connectivity index (χ2v) is 4.30. The number of carbonyl (C=O) groups excluding carboxylic acids is 1. The number of nitriles is 1. The predicted molar refractivity (Wildman–Crippen MR) is 71.9 cm³/mol. The van der Waals surface area contributed by atoms with Gasteiger partial charge in [-0.25, -0.2) is 4.39 Å². The highest BCUT2D eigenvalue weighted by Gasteiger charge is 2.08. The number of benzene rings is 2. The first-order valence-corrected chi connectivity index (χ1v) is 6.02. The molecule has 0 aliphatic heterocycles. The molecule has 0 aromatic heterocycles. The van der Waals surface area contributed by atoms with Gasteiger partial charge in [0.2, 0.25) is 0 Å². The molecule has 0 aliphatic rings. The summed E-state index contributed by atoms with van der Waals surface area (Å²) in [6.07, 6.45) is 0. The summed E-state index contributed by atoms with van der Waals surface area (Å²) in [6, 6.07) is 12.8. The van der Waals surface area contributed by atoms with Crippen LogP contribution in [0.1, 0.15) is 28.4 Å². The quantitative estimate of drug-likeness (QED) is 0.798. The monoisotopic (exact) mass is 269 g/mol. The lowest BCUT2D eigenvalue weighted by Crippen LogP contribution is -2.02. The van der Waals surface area contributed by atoms with Gasteiger partial charge in [0.05, 0.1) is 17.2 Å². The summed E-state index contributed by atoms with van der Waals surface area (Å²) in [6.45, 7) is 1.55. The summed E-state index contributed by atoms with van der Waals surface area (Å²) in [4.78, 5) is 11.4. The van der Waals surface area contributed by atoms with E-state index in [-0.39, 0.29) is 18.0 Å². The molecule has 0 fully saturated rings. The minimum Gasteiger partial charge on any atom is -0.488 e. The summed E-state index contributed by atoms with van der Waals surface area (Å²) in [5.41, 5.74) is 1.26. The van der Waals surface area contributed by atoms with Gasteiger partial charge in [0.1, 0.15) is 18.2 Å². The van der Waals surface area contributed by atoms with Gasteiger partial charge in [-0.05, 0) is 42.8 Å². The summed E-state index contributed by atoms with van der Waals surface area (Å²) in [5.74, 6) is -0.136. The molecule has 3 nitrogen and oxygen atoms in total. The Morgan fingerprint density at radius 3 is 2.75 bits per heavy atom. The lowest BCUT2D eigenvalue weighted by molar-refractivity contribution is 0.101. The van der Waals surface area contributed by atoms with Gasteiger partial charge in [-0.3, -0.25) is 4.79 Å². The Kier molecular flexibility index (Phi) is 4.11. The molecule has 0 saturated heterocycles. The Morgan fingerprint density at radius 1 is 1.30 bits per heavy atom. The first kappa shape index (κ1) is 13.8. The van der Waals surface area contributed by atoms with Crippen molar-refractivity contribution in [3.05, 3.63) is 65.0 Å². The van der Waals surface area contributed by atoms with Gasteiger partial charge >= 0.3 is 0 Å². The van der Waals surface area contributed by atoms with Crippen molar-refractivity contribution in [1.29, 1.82) is 5.26 Å². The van der Waals surface area contributed by atoms with Gasteiger partial charge in [0.25, 0.3) is 0 Å². The number of carbonyl (C=O) groups is 1. The molecular weight excluding hydrogens is 257 g/mol. The van der Waals surface area contributed by atoms with E-state index in [4.69, 9.17) is 10.00 Å². The Hall–Kier alpha value is -2.67. The molecule has 0 bridgehead atoms. The fraction of sp³-hybridized carbons (Fsp3) is 0.125. The molecule has 0 heterocycles. The van der Waals surface area contributed by atoms with E-state index in [1.165, 1.54) is 13.0 Å². The fourth-order valence-corrected chi connectivity index (χ4v) is 1.84. The number of ether oxygens (including phenoxy) is 1. The van der Waals surface area contributed by atoms with Crippen molar-refractivity contribution < 1.29 is 13.9 Å². The first-order valence-electron chi connectivity index (χ1n) is 6.02. The molecule has 2 rings (SSSR count). The highest BCUT2D eigenvalue weighted by Crippen LogP contribution is 2.20. The third-order valence-electron chi connectivity index (χ3n) is 2.75. The number of ketones is 1. The highest BCUT2D eigenvalue weighted by molar-refractivity contribution is 5.96. The van der Waals surface area contributed by atoms with Gasteiger partial charge in [0.15, 0.2) is 5.78 Å². The fourth-order valence-electron chi connectivity index (χ4n) is 1.84. The normalized spacial score (nSPS) is 9.85. The minimum atomic E-state index is -0.484. The molecule has 0 spiro atoms. The van der Waals surface area contributed by atoms with Crippen LogP contribution in [-0.2, 0) is 6.61 Å². The van der Waals surface area contributed by atoms with Gasteiger partial charge in [-0.15, -0.1) is 0 Å². The number of para-hydroxylation sites is 1. The molecule has 0 radical (unpaired) electrons. The van der Waals surface area contributed by atoms with Crippen LogP contribution >= 0.6 is 0 Å². The van der Waals surface area contributed by atoms with Crippen LogP contribution in [0.3, 0.4) is 0 Å². The number of hydrogen-bond donors (Lipinski definition) is 0. The summed E-state index contributed by atoms with van der Waals surface area (Å²) in [5, 5.41) is 8.79. The Morgan fingerprint density at radius 2 is 2.05 bits per heavy atom. The maximum absolute atomic E-state index is 13.3. The molecule has 100 valence electrons. The Balaban J connectivity index is 2.19. The highest BCUT2D eigenvalue weighted by atomic mass is 19.1. The first-order chi connectivity index (χ1) is 9.60. The van der Waals surface area contributed by atoms with Crippen LogP contribution in [0.4, 0.5) is 4.39 Å². The maximum atomic E-state index is 13.3. The van der Waals surface area contributed by atoms with Crippen LogP contribution in [0.25, 0.3) is 0 Å². The molecule has 0 atom stereocenters. The van der Waals surface area contributed by atoms with Crippen LogP contribution in [0.2, 0.25) is 0 Å². The molecule has 20 heavy (non-hydrogen) atoms. The summed E-state index contributed by atoms with van der Waals surface area (Å²) >= 11 is 0. The second-order valence-electron chi connectivity index (χ2n) is 4.30. The molecule has 0 unspecified atom stereocenters. The van der Waals surface area contributed by atoms with Gasteiger partial charge in [-0.2, -0.15) is 5.26 Å². The van der Waals surface area contributed by atoms with Crippen molar-refractivity contribution >= 4 is 5.78 Å². The molecule has 0 amide bonds. The standard InChI is InChI=1S/C16H12FNO2/c1-11(19)15-4-2-3-5-16(15)20-10-13-6-12(9-18)7-14(17)8-13/h2-8H,10H2,1H3. The number of hydrogen-bond acceptors (Lipinski definition) is 3. The van der Waals surface area contributed by atoms with Crippen LogP contribution in [0.5, 0.6) is 5.75 Å². The molecule has 2 aromatic rings. The van der Waals surface area contributed by atoms with Crippen molar-refractivity contribution in [1.82, 2.24) is 0 Å². The number of nitrogens with zero attached hydrogens (tertiary/aromatic N) is 1. The van der Waals surface area contributed by atoms with Crippen molar-refractivity contribution in [2.75, 3.05) is 0 Å². The summed E-state index contributed by atoms with van der Waals surface area (Å²) < 4.78 is 18.8. The molecule has 0 aliphatic carbocycles. The van der Waals surface area contributed by atoms with Crippen LogP contribution in [-0.4, -0.2) is 5.78 Å². The Bertz CT molecular complexity index is 689. The number of rotatable bonds is 4. The topological polar surface area (TPSA) is 50.1 Å². The average molecular weight is 269 g/mol. The predicted octanol–water partition coefficient (Wildman–Crippen LogP) is 3.48. The van der Waals surface area contributed by atoms with Crippen LogP contribution in [0.15, 0.2) is 42.5 Å². The lowest BCUT2D eigenvalue weighted by atomic mass is 10.1. The third-order valence-corrected chi connectivity index (χ3v) is 2.75. The minimum absolute atomic E-state index is 0.0940. The van der Waals surface area contributed by atoms with E-state index >= 15 is 0 Å². The molecule has 0 N–H and O–H groups in total. The van der Waals surface area contributed by atoms with E-state index in [0.717, 1.165) is 6.07 Å². The van der Waals surface area contributed by atoms with Gasteiger partial charge in [-0.1, -0.05) is 12.1 Å². The van der Waals surface area contributed by atoms with Crippen molar-refractivity contribution in [2.45, 2.75) is 13.5 Å². The number of Topliss-reactive ketones (excluding diaryl/α,β-unsaturated/α-hetero) is 1. The Labute approximate surface area is 116 Å². The van der Waals surface area contributed by atoms with E-state index in [9.17, 15) is 9.18 Å². The third kappa shape index (κ3) is 3.21. The average Bonchev–Trinajstić information content (AvgIpc) is 2.44. The van der Waals surface area contributed by atoms with Crippen molar-refractivity contribution in [3.8, 4) is 11.8 Å². The SMILES string of the molecule is CC(=O)c1ccccc1OCc1cc(F)cc(C#N)c1. The van der Waals surface area contributed by atoms with Crippen LogP contribution in [0, 0.1) is 17.1 Å². The van der Waals surface area contributed by atoms with E-state index in [0.29, 0.717) is 16.9 Å². The van der Waals surface area contributed by atoms with E-state index in [2.05, 4.69) is 0 Å². The number of halogens is 1. The zero-order chi connectivity index (χ0) is 14.5. The maximum Gasteiger partial charge on any atom is 0.163 e. The molecule has 0 saturated carbocycles. The van der Waals surface area contributed by atoms with E-state index in [1.807, 2.05) is 6.07 Å².